The first-order valence-electron chi connectivity index (χ1n) is 9.51. The maximum absolute atomic E-state index is 5.62. The van der Waals surface area contributed by atoms with Crippen LogP contribution in [0.3, 0.4) is 0 Å². The van der Waals surface area contributed by atoms with Crippen molar-refractivity contribution in [3.05, 3.63) is 47.4 Å². The number of aryl methyl sites for hydroxylation is 3. The second-order valence-electron chi connectivity index (χ2n) is 7.11. The van der Waals surface area contributed by atoms with Gasteiger partial charge in [-0.3, -0.25) is 0 Å². The van der Waals surface area contributed by atoms with Crippen molar-refractivity contribution in [1.82, 2.24) is 24.7 Å². The average molecular weight is 408 g/mol. The fraction of sp³-hybridized carbons (Fsp3) is 0.333. The van der Waals surface area contributed by atoms with Gasteiger partial charge in [-0.1, -0.05) is 5.16 Å². The van der Waals surface area contributed by atoms with Gasteiger partial charge in [0.1, 0.15) is 17.3 Å². The van der Waals surface area contributed by atoms with Crippen LogP contribution < -0.4 is 14.4 Å². The quantitative estimate of drug-likeness (QED) is 0.480. The van der Waals surface area contributed by atoms with E-state index in [0.717, 1.165) is 39.7 Å². The van der Waals surface area contributed by atoms with E-state index < -0.39 is 0 Å². The molecule has 0 aliphatic carbocycles. The minimum atomic E-state index is 0.458. The number of rotatable bonds is 6. The Morgan fingerprint density at radius 2 is 1.87 bits per heavy atom. The monoisotopic (exact) mass is 408 g/mol. The predicted octanol–water partition coefficient (Wildman–Crippen LogP) is 3.36. The molecule has 9 nitrogen and oxygen atoms in total. The molecular weight excluding hydrogens is 384 g/mol. The molecule has 1 aromatic carbocycles. The Morgan fingerprint density at radius 1 is 1.07 bits per heavy atom. The van der Waals surface area contributed by atoms with E-state index >= 15 is 0 Å². The third-order valence-corrected chi connectivity index (χ3v) is 4.88. The lowest BCUT2D eigenvalue weighted by atomic mass is 10.0. The van der Waals surface area contributed by atoms with Crippen LogP contribution in [0.5, 0.6) is 11.5 Å². The fourth-order valence-electron chi connectivity index (χ4n) is 3.51. The van der Waals surface area contributed by atoms with Crippen molar-refractivity contribution in [3.8, 4) is 22.6 Å². The van der Waals surface area contributed by atoms with Crippen molar-refractivity contribution in [2.24, 2.45) is 0 Å². The maximum Gasteiger partial charge on any atom is 0.246 e. The summed E-state index contributed by atoms with van der Waals surface area (Å²) < 4.78 is 18.1. The van der Waals surface area contributed by atoms with Gasteiger partial charge in [0.25, 0.3) is 0 Å². The molecule has 0 saturated heterocycles. The van der Waals surface area contributed by atoms with Crippen LogP contribution in [0, 0.1) is 20.8 Å². The zero-order chi connectivity index (χ0) is 21.4. The normalized spacial score (nSPS) is 11.1. The number of anilines is 1. The molecule has 0 aliphatic heterocycles. The van der Waals surface area contributed by atoms with E-state index in [1.165, 1.54) is 0 Å². The first-order valence-corrected chi connectivity index (χ1v) is 9.51. The Balaban J connectivity index is 1.85. The molecule has 0 atom stereocenters. The minimum Gasteiger partial charge on any atom is -0.497 e. The number of fused-ring (bicyclic) bond motifs is 1. The van der Waals surface area contributed by atoms with Crippen LogP contribution in [-0.2, 0) is 6.54 Å². The summed E-state index contributed by atoms with van der Waals surface area (Å²) in [5, 5.41) is 8.64. The summed E-state index contributed by atoms with van der Waals surface area (Å²) in [4.78, 5) is 11.1. The van der Waals surface area contributed by atoms with Crippen molar-refractivity contribution in [2.75, 3.05) is 26.2 Å². The van der Waals surface area contributed by atoms with Gasteiger partial charge >= 0.3 is 0 Å². The van der Waals surface area contributed by atoms with Gasteiger partial charge < -0.3 is 18.9 Å². The minimum absolute atomic E-state index is 0.458. The molecule has 0 saturated carbocycles. The molecule has 4 aromatic rings. The molecule has 3 aromatic heterocycles. The van der Waals surface area contributed by atoms with Gasteiger partial charge in [-0.2, -0.15) is 14.6 Å². The van der Waals surface area contributed by atoms with Crippen LogP contribution in [0.4, 0.5) is 5.82 Å². The average Bonchev–Trinajstić information content (AvgIpc) is 3.28. The van der Waals surface area contributed by atoms with Crippen molar-refractivity contribution in [1.29, 1.82) is 0 Å². The van der Waals surface area contributed by atoms with Crippen molar-refractivity contribution >= 4 is 11.5 Å². The number of nitrogens with zero attached hydrogens (tertiary/aromatic N) is 6. The highest BCUT2D eigenvalue weighted by Gasteiger charge is 2.21. The van der Waals surface area contributed by atoms with Crippen LogP contribution in [0.2, 0.25) is 0 Å². The highest BCUT2D eigenvalue weighted by molar-refractivity contribution is 5.85. The third kappa shape index (κ3) is 3.42. The SMILES string of the molecule is COc1ccc(-c2c(C)nn3c(N(C)Cc4nc(C)no4)cc(C)nc23)c(OC)c1. The predicted molar refractivity (Wildman–Crippen MR) is 112 cm³/mol. The zero-order valence-corrected chi connectivity index (χ0v) is 17.9. The van der Waals surface area contributed by atoms with E-state index in [2.05, 4.69) is 10.1 Å². The first kappa shape index (κ1) is 19.7. The van der Waals surface area contributed by atoms with Gasteiger partial charge in [0.05, 0.1) is 32.0 Å². The molecule has 0 fully saturated rings. The molecular formula is C21H24N6O3. The Hall–Kier alpha value is -3.62. The second kappa shape index (κ2) is 7.66. The standard InChI is InChI=1S/C21H24N6O3/c1-12-9-19(26(4)11-18-23-14(3)25-30-18)27-21(22-12)20(13(2)24-27)16-8-7-15(28-5)10-17(16)29-6/h7-10H,11H2,1-6H3. The van der Waals surface area contributed by atoms with Crippen LogP contribution >= 0.6 is 0 Å². The number of hydrogen-bond donors (Lipinski definition) is 0. The molecule has 0 radical (unpaired) electrons. The summed E-state index contributed by atoms with van der Waals surface area (Å²) in [6.07, 6.45) is 0. The molecule has 0 unspecified atom stereocenters. The van der Waals surface area contributed by atoms with Crippen molar-refractivity contribution in [3.63, 3.8) is 0 Å². The summed E-state index contributed by atoms with van der Waals surface area (Å²) in [6, 6.07) is 7.72. The van der Waals surface area contributed by atoms with E-state index in [1.54, 1.807) is 21.1 Å². The Kier molecular flexibility index (Phi) is 5.03. The van der Waals surface area contributed by atoms with Gasteiger partial charge in [-0.05, 0) is 32.9 Å². The molecule has 3 heterocycles. The van der Waals surface area contributed by atoms with E-state index in [-0.39, 0.29) is 0 Å². The van der Waals surface area contributed by atoms with Crippen LogP contribution in [0.1, 0.15) is 23.1 Å². The van der Waals surface area contributed by atoms with Gasteiger partial charge in [0.2, 0.25) is 5.89 Å². The van der Waals surface area contributed by atoms with Crippen molar-refractivity contribution < 1.29 is 14.0 Å². The van der Waals surface area contributed by atoms with E-state index in [0.29, 0.717) is 24.0 Å². The maximum atomic E-state index is 5.62. The highest BCUT2D eigenvalue weighted by atomic mass is 16.5. The van der Waals surface area contributed by atoms with Gasteiger partial charge in [0, 0.05) is 30.4 Å². The van der Waals surface area contributed by atoms with E-state index in [1.807, 2.05) is 54.6 Å². The lowest BCUT2D eigenvalue weighted by molar-refractivity contribution is 0.374. The van der Waals surface area contributed by atoms with Gasteiger partial charge in [-0.15, -0.1) is 0 Å². The molecule has 0 spiro atoms. The number of ether oxygens (including phenoxy) is 2. The summed E-state index contributed by atoms with van der Waals surface area (Å²) in [5.74, 6) is 3.45. The third-order valence-electron chi connectivity index (χ3n) is 4.88. The Morgan fingerprint density at radius 3 is 2.53 bits per heavy atom. The molecule has 9 heteroatoms. The van der Waals surface area contributed by atoms with Crippen LogP contribution in [-0.4, -0.2) is 46.0 Å². The molecule has 0 amide bonds. The number of methoxy groups -OCH3 is 2. The smallest absolute Gasteiger partial charge is 0.246 e. The lowest BCUT2D eigenvalue weighted by Gasteiger charge is -2.18. The van der Waals surface area contributed by atoms with Gasteiger partial charge in [-0.25, -0.2) is 4.98 Å². The topological polar surface area (TPSA) is 90.8 Å². The highest BCUT2D eigenvalue weighted by Crippen LogP contribution is 2.38. The van der Waals surface area contributed by atoms with Gasteiger partial charge in [0.15, 0.2) is 11.5 Å². The molecule has 4 rings (SSSR count). The zero-order valence-electron chi connectivity index (χ0n) is 17.9. The lowest BCUT2D eigenvalue weighted by Crippen LogP contribution is -2.20. The molecule has 0 N–H and O–H groups in total. The van der Waals surface area contributed by atoms with E-state index in [9.17, 15) is 0 Å². The fourth-order valence-corrected chi connectivity index (χ4v) is 3.51. The first-order chi connectivity index (χ1) is 14.4. The molecule has 156 valence electrons. The summed E-state index contributed by atoms with van der Waals surface area (Å²) in [7, 11) is 5.23. The number of aromatic nitrogens is 5. The van der Waals surface area contributed by atoms with Crippen LogP contribution in [0.25, 0.3) is 16.8 Å². The second-order valence-corrected chi connectivity index (χ2v) is 7.11. The Bertz CT molecular complexity index is 1210. The number of benzene rings is 1. The Labute approximate surface area is 174 Å². The molecule has 0 aliphatic rings. The van der Waals surface area contributed by atoms with Crippen LogP contribution in [0.15, 0.2) is 28.8 Å². The summed E-state index contributed by atoms with van der Waals surface area (Å²) >= 11 is 0. The number of hydrogen-bond acceptors (Lipinski definition) is 8. The molecule has 0 bridgehead atoms. The molecule has 30 heavy (non-hydrogen) atoms. The van der Waals surface area contributed by atoms with Crippen molar-refractivity contribution in [2.45, 2.75) is 27.3 Å². The largest absolute Gasteiger partial charge is 0.497 e. The summed E-state index contributed by atoms with van der Waals surface area (Å²) in [6.45, 7) is 6.19. The van der Waals surface area contributed by atoms with E-state index in [4.69, 9.17) is 24.1 Å². The summed E-state index contributed by atoms with van der Waals surface area (Å²) in [5.41, 5.74) is 4.30.